The quantitative estimate of drug-likeness (QED) is 0.471. The second kappa shape index (κ2) is 10.3. The largest absolute Gasteiger partial charge is 0.444 e. The number of piperazine rings is 1. The first-order valence-corrected chi connectivity index (χ1v) is 12.0. The zero-order valence-electron chi connectivity index (χ0n) is 21.0. The van der Waals surface area contributed by atoms with Crippen LogP contribution >= 0.6 is 0 Å². The number of aliphatic imine (C=N–C) groups is 1. The summed E-state index contributed by atoms with van der Waals surface area (Å²) in [7, 11) is 0. The van der Waals surface area contributed by atoms with E-state index >= 15 is 0 Å². The molecular formula is C28H33N5O2. The fraction of sp³-hybridized carbons (Fsp3) is 0.357. The smallest absolute Gasteiger partial charge is 0.410 e. The topological polar surface area (TPSA) is 70.9 Å². The van der Waals surface area contributed by atoms with E-state index in [4.69, 9.17) is 9.73 Å². The van der Waals surface area contributed by atoms with Gasteiger partial charge in [0.1, 0.15) is 5.60 Å². The van der Waals surface area contributed by atoms with E-state index < -0.39 is 5.60 Å². The Kier molecular flexibility index (Phi) is 7.15. The molecule has 35 heavy (non-hydrogen) atoms. The monoisotopic (exact) mass is 471 g/mol. The number of aromatic nitrogens is 2. The molecule has 0 unspecified atom stereocenters. The predicted octanol–water partition coefficient (Wildman–Crippen LogP) is 5.48. The van der Waals surface area contributed by atoms with Gasteiger partial charge in [0.05, 0.1) is 17.8 Å². The molecule has 1 aliphatic heterocycles. The maximum atomic E-state index is 12.7. The summed E-state index contributed by atoms with van der Waals surface area (Å²) in [5, 5.41) is 8.89. The summed E-state index contributed by atoms with van der Waals surface area (Å²) in [6, 6.07) is 24.0. The van der Waals surface area contributed by atoms with Crippen molar-refractivity contribution in [2.24, 2.45) is 4.99 Å². The molecule has 0 bridgehead atoms. The molecule has 4 rings (SSSR count). The molecule has 7 heteroatoms. The minimum absolute atomic E-state index is 0.0177. The molecule has 3 aromatic rings. The summed E-state index contributed by atoms with van der Waals surface area (Å²) in [5.41, 5.74) is 2.37. The average molecular weight is 472 g/mol. The fourth-order valence-corrected chi connectivity index (χ4v) is 4.33. The maximum Gasteiger partial charge on any atom is 0.410 e. The van der Waals surface area contributed by atoms with E-state index in [1.807, 2.05) is 112 Å². The zero-order chi connectivity index (χ0) is 25.0. The molecule has 2 aromatic carbocycles. The van der Waals surface area contributed by atoms with Crippen LogP contribution in [0.5, 0.6) is 0 Å². The van der Waals surface area contributed by atoms with Gasteiger partial charge < -0.3 is 9.64 Å². The van der Waals surface area contributed by atoms with Crippen LogP contribution in [0.4, 0.5) is 16.4 Å². The number of carbonyl (C=O) groups is 1. The summed E-state index contributed by atoms with van der Waals surface area (Å²) < 4.78 is 5.61. The number of rotatable bonds is 4. The molecule has 0 radical (unpaired) electrons. The van der Waals surface area contributed by atoms with Gasteiger partial charge >= 0.3 is 6.09 Å². The van der Waals surface area contributed by atoms with Gasteiger partial charge in [-0.25, -0.2) is 9.79 Å². The third-order valence-corrected chi connectivity index (χ3v) is 5.80. The van der Waals surface area contributed by atoms with Crippen molar-refractivity contribution < 1.29 is 9.53 Å². The lowest BCUT2D eigenvalue weighted by atomic mass is 10.0. The molecule has 1 amide bonds. The van der Waals surface area contributed by atoms with Crippen LogP contribution in [0.25, 0.3) is 0 Å². The molecular weight excluding hydrogens is 438 g/mol. The van der Waals surface area contributed by atoms with Gasteiger partial charge in [-0.1, -0.05) is 60.7 Å². The number of benzene rings is 2. The third kappa shape index (κ3) is 6.04. The van der Waals surface area contributed by atoms with E-state index in [9.17, 15) is 4.79 Å². The summed E-state index contributed by atoms with van der Waals surface area (Å²) in [5.74, 6) is 1.32. The number of nitrogens with zero attached hydrogens (tertiary/aromatic N) is 5. The first kappa shape index (κ1) is 24.4. The van der Waals surface area contributed by atoms with Crippen LogP contribution in [0.3, 0.4) is 0 Å². The standard InChI is InChI=1S/C28H33N5O2/c1-20-18-32(19-21(2)33(20)27(34)35-28(3,4)5)25-17-16-24(30-31-25)29-26(22-12-8-6-9-13-22)23-14-10-7-11-15-23/h6-17,20-21H,18-19H2,1-5H3/t20-,21+. The second-order valence-electron chi connectivity index (χ2n) is 9.93. The Morgan fingerprint density at radius 2 is 1.40 bits per heavy atom. The fourth-order valence-electron chi connectivity index (χ4n) is 4.33. The Labute approximate surface area is 207 Å². The number of hydrogen-bond donors (Lipinski definition) is 0. The van der Waals surface area contributed by atoms with Crippen LogP contribution < -0.4 is 4.90 Å². The van der Waals surface area contributed by atoms with Gasteiger partial charge in [-0.3, -0.25) is 4.90 Å². The molecule has 2 atom stereocenters. The van der Waals surface area contributed by atoms with E-state index in [1.165, 1.54) is 0 Å². The first-order valence-electron chi connectivity index (χ1n) is 12.0. The average Bonchev–Trinajstić information content (AvgIpc) is 2.82. The lowest BCUT2D eigenvalue weighted by Crippen LogP contribution is -2.59. The van der Waals surface area contributed by atoms with Gasteiger partial charge in [-0.15, -0.1) is 10.2 Å². The predicted molar refractivity (Wildman–Crippen MR) is 139 cm³/mol. The van der Waals surface area contributed by atoms with Gasteiger partial charge in [-0.2, -0.15) is 0 Å². The molecule has 1 fully saturated rings. The van der Waals surface area contributed by atoms with Gasteiger partial charge in [0.15, 0.2) is 11.6 Å². The lowest BCUT2D eigenvalue weighted by molar-refractivity contribution is 0.00560. The van der Waals surface area contributed by atoms with Gasteiger partial charge in [0.2, 0.25) is 0 Å². The van der Waals surface area contributed by atoms with Gasteiger partial charge in [0, 0.05) is 24.2 Å². The van der Waals surface area contributed by atoms with Crippen LogP contribution in [-0.4, -0.2) is 57.7 Å². The minimum Gasteiger partial charge on any atom is -0.444 e. The lowest BCUT2D eigenvalue weighted by Gasteiger charge is -2.44. The first-order chi connectivity index (χ1) is 16.7. The third-order valence-electron chi connectivity index (χ3n) is 5.80. The van der Waals surface area contributed by atoms with Crippen molar-refractivity contribution in [1.82, 2.24) is 15.1 Å². The van der Waals surface area contributed by atoms with E-state index in [2.05, 4.69) is 15.1 Å². The highest BCUT2D eigenvalue weighted by molar-refractivity contribution is 6.13. The molecule has 7 nitrogen and oxygen atoms in total. The number of amides is 1. The maximum absolute atomic E-state index is 12.7. The van der Waals surface area contributed by atoms with E-state index in [0.29, 0.717) is 18.9 Å². The summed E-state index contributed by atoms with van der Waals surface area (Å²) >= 11 is 0. The minimum atomic E-state index is -0.520. The van der Waals surface area contributed by atoms with E-state index in [1.54, 1.807) is 0 Å². The normalized spacial score (nSPS) is 18.2. The molecule has 2 heterocycles. The van der Waals surface area contributed by atoms with Crippen molar-refractivity contribution in [3.05, 3.63) is 83.9 Å². The molecule has 182 valence electrons. The zero-order valence-corrected chi connectivity index (χ0v) is 21.0. The van der Waals surface area contributed by atoms with Crippen molar-refractivity contribution in [1.29, 1.82) is 0 Å². The van der Waals surface area contributed by atoms with Crippen LogP contribution in [0.2, 0.25) is 0 Å². The van der Waals surface area contributed by atoms with Crippen LogP contribution in [0, 0.1) is 0 Å². The molecule has 0 N–H and O–H groups in total. The molecule has 1 aromatic heterocycles. The number of carbonyl (C=O) groups excluding carboxylic acids is 1. The van der Waals surface area contributed by atoms with Gasteiger partial charge in [-0.05, 0) is 46.8 Å². The Morgan fingerprint density at radius 1 is 0.857 bits per heavy atom. The van der Waals surface area contributed by atoms with Crippen LogP contribution in [0.1, 0.15) is 45.7 Å². The van der Waals surface area contributed by atoms with Crippen LogP contribution in [0.15, 0.2) is 77.8 Å². The summed E-state index contributed by atoms with van der Waals surface area (Å²) in [6.45, 7) is 11.0. The van der Waals surface area contributed by atoms with E-state index in [-0.39, 0.29) is 18.2 Å². The Balaban J connectivity index is 1.53. The summed E-state index contributed by atoms with van der Waals surface area (Å²) in [4.78, 5) is 21.5. The van der Waals surface area contributed by atoms with Crippen molar-refractivity contribution in [3.63, 3.8) is 0 Å². The number of ether oxygens (including phenoxy) is 1. The van der Waals surface area contributed by atoms with E-state index in [0.717, 1.165) is 22.7 Å². The highest BCUT2D eigenvalue weighted by atomic mass is 16.6. The molecule has 1 saturated heterocycles. The van der Waals surface area contributed by atoms with Gasteiger partial charge in [0.25, 0.3) is 0 Å². The highest BCUT2D eigenvalue weighted by Gasteiger charge is 2.36. The Morgan fingerprint density at radius 3 is 1.86 bits per heavy atom. The van der Waals surface area contributed by atoms with Crippen molar-refractivity contribution in [3.8, 4) is 0 Å². The number of hydrogen-bond acceptors (Lipinski definition) is 6. The molecule has 0 saturated carbocycles. The Hall–Kier alpha value is -3.74. The molecule has 0 aliphatic carbocycles. The molecule has 0 spiro atoms. The van der Waals surface area contributed by atoms with Crippen molar-refractivity contribution >= 4 is 23.4 Å². The second-order valence-corrected chi connectivity index (χ2v) is 9.93. The Bertz CT molecular complexity index is 1100. The highest BCUT2D eigenvalue weighted by Crippen LogP contribution is 2.24. The van der Waals surface area contributed by atoms with Crippen molar-refractivity contribution in [2.45, 2.75) is 52.3 Å². The molecule has 1 aliphatic rings. The van der Waals surface area contributed by atoms with Crippen LogP contribution in [-0.2, 0) is 4.74 Å². The van der Waals surface area contributed by atoms with Crippen molar-refractivity contribution in [2.75, 3.05) is 18.0 Å². The summed E-state index contributed by atoms with van der Waals surface area (Å²) in [6.07, 6.45) is -0.276. The number of anilines is 1. The SMILES string of the molecule is C[C@@H]1CN(c2ccc(N=C(c3ccccc3)c3ccccc3)nn2)C[C@H](C)N1C(=O)OC(C)(C)C.